The van der Waals surface area contributed by atoms with E-state index in [4.69, 9.17) is 0 Å². The van der Waals surface area contributed by atoms with Gasteiger partial charge in [0.15, 0.2) is 5.96 Å². The molecule has 1 unspecified atom stereocenters. The first-order valence-corrected chi connectivity index (χ1v) is 7.39. The Morgan fingerprint density at radius 1 is 1.21 bits per heavy atom. The van der Waals surface area contributed by atoms with E-state index in [1.165, 1.54) is 38.8 Å². The summed E-state index contributed by atoms with van der Waals surface area (Å²) in [4.78, 5) is 6.85. The molecule has 0 aromatic carbocycles. The molecule has 19 heavy (non-hydrogen) atoms. The van der Waals surface area contributed by atoms with Crippen LogP contribution in [0.5, 0.6) is 0 Å². The summed E-state index contributed by atoms with van der Waals surface area (Å²) in [5.74, 6) is 1.68. The lowest BCUT2D eigenvalue weighted by Crippen LogP contribution is -2.48. The van der Waals surface area contributed by atoms with Crippen LogP contribution < -0.4 is 10.6 Å². The highest BCUT2D eigenvalue weighted by Crippen LogP contribution is 2.22. The number of nitrogens with zero attached hydrogens (tertiary/aromatic N) is 2. The number of likely N-dealkylation sites (tertiary alicyclic amines) is 1. The third-order valence-corrected chi connectivity index (χ3v) is 4.14. The molecular weight excluding hydrogens is 351 g/mol. The van der Waals surface area contributed by atoms with Crippen molar-refractivity contribution in [1.82, 2.24) is 15.5 Å². The zero-order valence-corrected chi connectivity index (χ0v) is 15.2. The van der Waals surface area contributed by atoms with Crippen LogP contribution in [0.4, 0.5) is 0 Å². The topological polar surface area (TPSA) is 39.7 Å². The maximum absolute atomic E-state index is 4.19. The first kappa shape index (κ1) is 19.0. The van der Waals surface area contributed by atoms with Crippen molar-refractivity contribution in [3.8, 4) is 0 Å². The quantitative estimate of drug-likeness (QED) is 0.421. The molecule has 1 rings (SSSR count). The van der Waals surface area contributed by atoms with Gasteiger partial charge in [0, 0.05) is 26.7 Å². The van der Waals surface area contributed by atoms with Crippen molar-refractivity contribution in [3.05, 3.63) is 0 Å². The van der Waals surface area contributed by atoms with Crippen LogP contribution in [0, 0.1) is 5.92 Å². The summed E-state index contributed by atoms with van der Waals surface area (Å²) in [6, 6.07) is 0.646. The molecular formula is C14H31IN4. The highest BCUT2D eigenvalue weighted by Gasteiger charge is 2.27. The van der Waals surface area contributed by atoms with Gasteiger partial charge in [-0.2, -0.15) is 0 Å². The van der Waals surface area contributed by atoms with Crippen LogP contribution in [0.15, 0.2) is 4.99 Å². The smallest absolute Gasteiger partial charge is 0.190 e. The average molecular weight is 382 g/mol. The third kappa shape index (κ3) is 5.85. The number of guanidine groups is 1. The second-order valence-electron chi connectivity index (χ2n) is 5.09. The Morgan fingerprint density at radius 3 is 2.21 bits per heavy atom. The zero-order valence-electron chi connectivity index (χ0n) is 12.9. The standard InChI is InChI=1S/C14H30N4.HI/c1-5-12(6-2)13(18-9-7-8-10-18)11-17-14(15-3)16-4;/h12-13H,5-11H2,1-4H3,(H2,15,16,17);1H. The molecule has 0 spiro atoms. The first-order chi connectivity index (χ1) is 8.76. The van der Waals surface area contributed by atoms with Crippen LogP contribution in [0.25, 0.3) is 0 Å². The molecule has 1 atom stereocenters. The van der Waals surface area contributed by atoms with Gasteiger partial charge in [0.25, 0.3) is 0 Å². The van der Waals surface area contributed by atoms with E-state index in [2.05, 4.69) is 34.4 Å². The summed E-state index contributed by atoms with van der Waals surface area (Å²) in [6.07, 6.45) is 5.24. The van der Waals surface area contributed by atoms with Gasteiger partial charge in [0.2, 0.25) is 0 Å². The summed E-state index contributed by atoms with van der Waals surface area (Å²) in [5, 5.41) is 6.54. The van der Waals surface area contributed by atoms with E-state index in [9.17, 15) is 0 Å². The molecule has 0 amide bonds. The van der Waals surface area contributed by atoms with E-state index >= 15 is 0 Å². The van der Waals surface area contributed by atoms with Crippen molar-refractivity contribution < 1.29 is 0 Å². The molecule has 5 heteroatoms. The summed E-state index contributed by atoms with van der Waals surface area (Å²) in [7, 11) is 3.73. The van der Waals surface area contributed by atoms with E-state index in [0.717, 1.165) is 18.4 Å². The fraction of sp³-hybridized carbons (Fsp3) is 0.929. The summed E-state index contributed by atoms with van der Waals surface area (Å²) in [5.41, 5.74) is 0. The van der Waals surface area contributed by atoms with Crippen molar-refractivity contribution in [2.45, 2.75) is 45.6 Å². The highest BCUT2D eigenvalue weighted by atomic mass is 127. The minimum absolute atomic E-state index is 0. The Hall–Kier alpha value is -0.0400. The van der Waals surface area contributed by atoms with Crippen LogP contribution in [-0.2, 0) is 0 Å². The number of halogens is 1. The second-order valence-corrected chi connectivity index (χ2v) is 5.09. The molecule has 1 heterocycles. The predicted molar refractivity (Wildman–Crippen MR) is 94.5 cm³/mol. The van der Waals surface area contributed by atoms with Gasteiger partial charge >= 0.3 is 0 Å². The summed E-state index contributed by atoms with van der Waals surface area (Å²) >= 11 is 0. The van der Waals surface area contributed by atoms with Gasteiger partial charge < -0.3 is 10.6 Å². The minimum Gasteiger partial charge on any atom is -0.359 e. The minimum atomic E-state index is 0. The largest absolute Gasteiger partial charge is 0.359 e. The van der Waals surface area contributed by atoms with Gasteiger partial charge in [-0.15, -0.1) is 24.0 Å². The Kier molecular flexibility index (Phi) is 10.7. The average Bonchev–Trinajstić information content (AvgIpc) is 2.92. The molecule has 0 bridgehead atoms. The van der Waals surface area contributed by atoms with Gasteiger partial charge in [0.05, 0.1) is 0 Å². The highest BCUT2D eigenvalue weighted by molar-refractivity contribution is 14.0. The fourth-order valence-corrected chi connectivity index (χ4v) is 2.98. The van der Waals surface area contributed by atoms with E-state index in [1.807, 2.05) is 14.1 Å². The Balaban J connectivity index is 0.00000324. The van der Waals surface area contributed by atoms with Gasteiger partial charge in [-0.05, 0) is 31.8 Å². The molecule has 1 saturated heterocycles. The Bertz CT molecular complexity index is 246. The first-order valence-electron chi connectivity index (χ1n) is 7.39. The van der Waals surface area contributed by atoms with Crippen molar-refractivity contribution in [1.29, 1.82) is 0 Å². The lowest BCUT2D eigenvalue weighted by molar-refractivity contribution is 0.167. The van der Waals surface area contributed by atoms with Gasteiger partial charge in [0.1, 0.15) is 0 Å². The van der Waals surface area contributed by atoms with E-state index in [0.29, 0.717) is 6.04 Å². The van der Waals surface area contributed by atoms with E-state index in [1.54, 1.807) is 0 Å². The SMILES string of the molecule is CCC(CC)C(CNC(=NC)NC)N1CCCC1.I. The Labute approximate surface area is 135 Å². The molecule has 0 aliphatic carbocycles. The lowest BCUT2D eigenvalue weighted by atomic mass is 9.93. The van der Waals surface area contributed by atoms with Gasteiger partial charge in [-0.3, -0.25) is 9.89 Å². The molecule has 0 saturated carbocycles. The third-order valence-electron chi connectivity index (χ3n) is 4.14. The van der Waals surface area contributed by atoms with Gasteiger partial charge in [-0.25, -0.2) is 0 Å². The molecule has 0 aromatic heterocycles. The monoisotopic (exact) mass is 382 g/mol. The molecule has 2 N–H and O–H groups in total. The van der Waals surface area contributed by atoms with Crippen LogP contribution in [0.1, 0.15) is 39.5 Å². The van der Waals surface area contributed by atoms with Crippen LogP contribution in [0.2, 0.25) is 0 Å². The lowest BCUT2D eigenvalue weighted by Gasteiger charge is -2.34. The maximum atomic E-state index is 4.19. The van der Waals surface area contributed by atoms with Crippen LogP contribution >= 0.6 is 24.0 Å². The van der Waals surface area contributed by atoms with Crippen molar-refractivity contribution >= 4 is 29.9 Å². The normalized spacial score (nSPS) is 18.3. The number of hydrogen-bond acceptors (Lipinski definition) is 2. The molecule has 0 aromatic rings. The number of nitrogens with one attached hydrogen (secondary N) is 2. The molecule has 1 fully saturated rings. The zero-order chi connectivity index (χ0) is 13.4. The Morgan fingerprint density at radius 2 is 1.79 bits per heavy atom. The summed E-state index contributed by atoms with van der Waals surface area (Å²) in [6.45, 7) is 8.15. The van der Waals surface area contributed by atoms with Gasteiger partial charge in [-0.1, -0.05) is 26.7 Å². The molecule has 1 aliphatic heterocycles. The van der Waals surface area contributed by atoms with Crippen molar-refractivity contribution in [2.75, 3.05) is 33.7 Å². The van der Waals surface area contributed by atoms with Crippen LogP contribution in [-0.4, -0.2) is 50.6 Å². The maximum Gasteiger partial charge on any atom is 0.190 e. The van der Waals surface area contributed by atoms with Crippen molar-refractivity contribution in [3.63, 3.8) is 0 Å². The molecule has 0 radical (unpaired) electrons. The predicted octanol–water partition coefficient (Wildman–Crippen LogP) is 2.30. The second kappa shape index (κ2) is 10.7. The summed E-state index contributed by atoms with van der Waals surface area (Å²) < 4.78 is 0. The fourth-order valence-electron chi connectivity index (χ4n) is 2.98. The number of hydrogen-bond donors (Lipinski definition) is 2. The molecule has 4 nitrogen and oxygen atoms in total. The molecule has 1 aliphatic rings. The molecule has 114 valence electrons. The van der Waals surface area contributed by atoms with E-state index in [-0.39, 0.29) is 24.0 Å². The van der Waals surface area contributed by atoms with E-state index < -0.39 is 0 Å². The number of aliphatic imine (C=N–C) groups is 1. The van der Waals surface area contributed by atoms with Crippen LogP contribution in [0.3, 0.4) is 0 Å². The number of rotatable bonds is 6. The van der Waals surface area contributed by atoms with Crippen molar-refractivity contribution in [2.24, 2.45) is 10.9 Å².